The second-order valence-electron chi connectivity index (χ2n) is 10.5. The third-order valence-electron chi connectivity index (χ3n) is 6.64. The van der Waals surface area contributed by atoms with E-state index in [4.69, 9.17) is 16.2 Å². The van der Waals surface area contributed by atoms with Crippen molar-refractivity contribution in [1.82, 2.24) is 21.3 Å². The van der Waals surface area contributed by atoms with E-state index in [1.807, 2.05) is 6.92 Å². The molecule has 1 rings (SSSR count). The molecule has 0 saturated carbocycles. The molecule has 10 nitrogen and oxygen atoms in total. The van der Waals surface area contributed by atoms with Gasteiger partial charge in [-0.25, -0.2) is 9.59 Å². The summed E-state index contributed by atoms with van der Waals surface area (Å²) in [5.41, 5.74) is 18.6. The third kappa shape index (κ3) is 10.7. The molecule has 1 atom stereocenters. The molecule has 0 fully saturated rings. The van der Waals surface area contributed by atoms with E-state index in [0.717, 1.165) is 36.0 Å². The Morgan fingerprint density at radius 3 is 1.77 bits per heavy atom. The zero-order chi connectivity index (χ0) is 29.6. The number of hydrogen-bond acceptors (Lipinski definition) is 6. The third-order valence-corrected chi connectivity index (χ3v) is 6.64. The molecule has 4 amide bonds. The maximum absolute atomic E-state index is 13.0. The van der Waals surface area contributed by atoms with Gasteiger partial charge in [0, 0.05) is 32.7 Å². The number of carbonyl (C=O) groups is 3. The number of hydrogen-bond donors (Lipinski definition) is 6. The van der Waals surface area contributed by atoms with Crippen molar-refractivity contribution in [2.75, 3.05) is 13.1 Å². The predicted molar refractivity (Wildman–Crippen MR) is 156 cm³/mol. The molecule has 0 aromatic heterocycles. The number of ether oxygens (including phenoxy) is 1. The Bertz CT molecular complexity index is 925. The molecule has 1 aromatic carbocycles. The average Bonchev–Trinajstić information content (AvgIpc) is 2.88. The molecule has 0 aliphatic heterocycles. The number of rotatable bonds is 15. The number of nitrogens with one attached hydrogen (secondary N) is 4. The fourth-order valence-electron chi connectivity index (χ4n) is 5.00. The van der Waals surface area contributed by atoms with Gasteiger partial charge in [0.05, 0.1) is 0 Å². The van der Waals surface area contributed by atoms with Gasteiger partial charge in [0.2, 0.25) is 5.91 Å². The fourth-order valence-corrected chi connectivity index (χ4v) is 5.00. The Balaban J connectivity index is 2.91. The van der Waals surface area contributed by atoms with Gasteiger partial charge in [-0.2, -0.15) is 0 Å². The standard InChI is InChI=1S/C29H52N6O4/c1-8-19-22(16-30)20(9-2)24(21(10-3)23(19)17-31)18-34-27(37)35-25(26(36)32-11-4)14-12-13-15-33-28(38)39-29(5,6)7/h25H,8-18,30-31H2,1-7H3,(H,32,36)(H,33,38)(H2,34,35,37). The first-order chi connectivity index (χ1) is 18.5. The number of alkyl carbamates (subject to hydrolysis) is 1. The molecule has 0 heterocycles. The molecule has 222 valence electrons. The Labute approximate surface area is 234 Å². The van der Waals surface area contributed by atoms with Crippen LogP contribution in [-0.2, 0) is 48.4 Å². The van der Waals surface area contributed by atoms with Crippen molar-refractivity contribution in [3.63, 3.8) is 0 Å². The van der Waals surface area contributed by atoms with Crippen molar-refractivity contribution in [2.24, 2.45) is 11.5 Å². The van der Waals surface area contributed by atoms with Crippen LogP contribution in [0.15, 0.2) is 0 Å². The summed E-state index contributed by atoms with van der Waals surface area (Å²) in [6.07, 6.45) is 3.70. The molecule has 0 bridgehead atoms. The first-order valence-corrected chi connectivity index (χ1v) is 14.3. The van der Waals surface area contributed by atoms with E-state index in [1.54, 1.807) is 20.8 Å². The first kappa shape index (κ1) is 34.2. The Morgan fingerprint density at radius 2 is 1.31 bits per heavy atom. The number of urea groups is 1. The maximum atomic E-state index is 13.0. The minimum Gasteiger partial charge on any atom is -0.444 e. The number of nitrogens with two attached hydrogens (primary N) is 2. The lowest BCUT2D eigenvalue weighted by Gasteiger charge is -2.25. The summed E-state index contributed by atoms with van der Waals surface area (Å²) < 4.78 is 5.23. The van der Waals surface area contributed by atoms with Gasteiger partial charge in [-0.3, -0.25) is 4.79 Å². The van der Waals surface area contributed by atoms with Crippen LogP contribution in [0, 0.1) is 0 Å². The molecule has 39 heavy (non-hydrogen) atoms. The summed E-state index contributed by atoms with van der Waals surface area (Å²) in [7, 11) is 0. The summed E-state index contributed by atoms with van der Waals surface area (Å²) >= 11 is 0. The minimum absolute atomic E-state index is 0.237. The van der Waals surface area contributed by atoms with Gasteiger partial charge in [0.15, 0.2) is 0 Å². The number of amides is 4. The quantitative estimate of drug-likeness (QED) is 0.184. The number of carbonyl (C=O) groups excluding carboxylic acids is 3. The highest BCUT2D eigenvalue weighted by atomic mass is 16.6. The molecule has 1 unspecified atom stereocenters. The van der Waals surface area contributed by atoms with E-state index in [1.165, 1.54) is 16.7 Å². The predicted octanol–water partition coefficient (Wildman–Crippen LogP) is 3.29. The maximum Gasteiger partial charge on any atom is 0.407 e. The molecule has 10 heteroatoms. The lowest BCUT2D eigenvalue weighted by molar-refractivity contribution is -0.123. The van der Waals surface area contributed by atoms with Crippen LogP contribution < -0.4 is 32.7 Å². The fraction of sp³-hybridized carbons (Fsp3) is 0.690. The molecule has 0 aliphatic carbocycles. The first-order valence-electron chi connectivity index (χ1n) is 14.3. The summed E-state index contributed by atoms with van der Waals surface area (Å²) in [6.45, 7) is 15.6. The molecule has 0 aliphatic rings. The van der Waals surface area contributed by atoms with E-state index in [0.29, 0.717) is 52.0 Å². The van der Waals surface area contributed by atoms with Crippen LogP contribution in [0.5, 0.6) is 0 Å². The van der Waals surface area contributed by atoms with Crippen molar-refractivity contribution in [2.45, 2.75) is 118 Å². The molecule has 1 aromatic rings. The van der Waals surface area contributed by atoms with E-state index in [9.17, 15) is 14.4 Å². The summed E-state index contributed by atoms with van der Waals surface area (Å²) in [4.78, 5) is 37.4. The molecular weight excluding hydrogens is 496 g/mol. The molecule has 0 saturated heterocycles. The van der Waals surface area contributed by atoms with Gasteiger partial charge in [0.25, 0.3) is 0 Å². The molecule has 8 N–H and O–H groups in total. The summed E-state index contributed by atoms with van der Waals surface area (Å²) in [6, 6.07) is -1.10. The smallest absolute Gasteiger partial charge is 0.407 e. The Hall–Kier alpha value is -2.85. The lowest BCUT2D eigenvalue weighted by atomic mass is 9.83. The highest BCUT2D eigenvalue weighted by Crippen LogP contribution is 2.30. The average molecular weight is 549 g/mol. The SMILES string of the molecule is CCNC(=O)C(CCCCNC(=O)OC(C)(C)C)NC(=O)NCc1c(CC)c(CN)c(CC)c(CN)c1CC. The van der Waals surface area contributed by atoms with Crippen molar-refractivity contribution >= 4 is 18.0 Å². The molecule has 0 radical (unpaired) electrons. The number of benzene rings is 1. The second kappa shape index (κ2) is 17.0. The molecular formula is C29H52N6O4. The van der Waals surface area contributed by atoms with Gasteiger partial charge < -0.3 is 37.5 Å². The van der Waals surface area contributed by atoms with Crippen LogP contribution in [-0.4, -0.2) is 42.8 Å². The zero-order valence-electron chi connectivity index (χ0n) is 25.1. The second-order valence-corrected chi connectivity index (χ2v) is 10.5. The van der Waals surface area contributed by atoms with Crippen molar-refractivity contribution in [3.8, 4) is 0 Å². The molecule has 0 spiro atoms. The topological polar surface area (TPSA) is 161 Å². The lowest BCUT2D eigenvalue weighted by Crippen LogP contribution is -2.50. The minimum atomic E-state index is -0.690. The monoisotopic (exact) mass is 548 g/mol. The zero-order valence-corrected chi connectivity index (χ0v) is 25.1. The van der Waals surface area contributed by atoms with Crippen LogP contribution >= 0.6 is 0 Å². The van der Waals surface area contributed by atoms with E-state index in [-0.39, 0.29) is 5.91 Å². The van der Waals surface area contributed by atoms with Gasteiger partial charge in [0.1, 0.15) is 11.6 Å². The van der Waals surface area contributed by atoms with E-state index < -0.39 is 23.8 Å². The number of likely N-dealkylation sites (N-methyl/N-ethyl adjacent to an activating group) is 1. The largest absolute Gasteiger partial charge is 0.444 e. The van der Waals surface area contributed by atoms with Crippen LogP contribution in [0.4, 0.5) is 9.59 Å². The van der Waals surface area contributed by atoms with Crippen molar-refractivity contribution in [3.05, 3.63) is 33.4 Å². The van der Waals surface area contributed by atoms with Gasteiger partial charge in [-0.1, -0.05) is 20.8 Å². The van der Waals surface area contributed by atoms with Crippen LogP contribution in [0.2, 0.25) is 0 Å². The van der Waals surface area contributed by atoms with Gasteiger partial charge in [-0.15, -0.1) is 0 Å². The highest BCUT2D eigenvalue weighted by molar-refractivity contribution is 5.87. The van der Waals surface area contributed by atoms with Crippen LogP contribution in [0.3, 0.4) is 0 Å². The van der Waals surface area contributed by atoms with E-state index >= 15 is 0 Å². The van der Waals surface area contributed by atoms with Gasteiger partial charge >= 0.3 is 12.1 Å². The Morgan fingerprint density at radius 1 is 0.769 bits per heavy atom. The van der Waals surface area contributed by atoms with E-state index in [2.05, 4.69) is 42.0 Å². The Kier molecular flexibility index (Phi) is 14.9. The summed E-state index contributed by atoms with van der Waals surface area (Å²) in [5.74, 6) is -0.237. The van der Waals surface area contributed by atoms with Crippen molar-refractivity contribution < 1.29 is 19.1 Å². The summed E-state index contributed by atoms with van der Waals surface area (Å²) in [5, 5.41) is 11.3. The van der Waals surface area contributed by atoms with Crippen LogP contribution in [0.25, 0.3) is 0 Å². The van der Waals surface area contributed by atoms with Crippen molar-refractivity contribution in [1.29, 1.82) is 0 Å². The van der Waals surface area contributed by atoms with Crippen LogP contribution in [0.1, 0.15) is 101 Å². The number of unbranched alkanes of at least 4 members (excludes halogenated alkanes) is 1. The highest BCUT2D eigenvalue weighted by Gasteiger charge is 2.23. The normalized spacial score (nSPS) is 12.0. The van der Waals surface area contributed by atoms with Gasteiger partial charge in [-0.05, 0) is 99.6 Å².